The van der Waals surface area contributed by atoms with Crippen molar-refractivity contribution < 1.29 is 4.79 Å². The largest absolute Gasteiger partial charge is 0.348 e. The van der Waals surface area contributed by atoms with E-state index in [0.717, 1.165) is 44.6 Å². The molecule has 1 saturated heterocycles. The average molecular weight is 368 g/mol. The SMILES string of the molecule is CN(CC1CCN(Cc2ccccc2)CC1)C(=O)c1ccn(C(C)(C)C)c1. The van der Waals surface area contributed by atoms with Crippen molar-refractivity contribution in [2.45, 2.75) is 45.7 Å². The molecule has 4 nitrogen and oxygen atoms in total. The van der Waals surface area contributed by atoms with E-state index in [1.165, 1.54) is 5.56 Å². The van der Waals surface area contributed by atoms with E-state index in [0.29, 0.717) is 5.92 Å². The minimum absolute atomic E-state index is 0.00266. The Labute approximate surface area is 163 Å². The number of hydrogen-bond acceptors (Lipinski definition) is 2. The Balaban J connectivity index is 1.48. The van der Waals surface area contributed by atoms with E-state index in [-0.39, 0.29) is 11.4 Å². The summed E-state index contributed by atoms with van der Waals surface area (Å²) < 4.78 is 2.11. The molecule has 1 aliphatic heterocycles. The molecule has 1 fully saturated rings. The van der Waals surface area contributed by atoms with Crippen LogP contribution in [0.4, 0.5) is 0 Å². The molecule has 0 unspecified atom stereocenters. The van der Waals surface area contributed by atoms with Crippen LogP contribution in [-0.4, -0.2) is 47.0 Å². The molecule has 0 atom stereocenters. The number of carbonyl (C=O) groups excluding carboxylic acids is 1. The van der Waals surface area contributed by atoms with Gasteiger partial charge in [0, 0.05) is 38.1 Å². The zero-order chi connectivity index (χ0) is 19.4. The van der Waals surface area contributed by atoms with Crippen LogP contribution in [0.3, 0.4) is 0 Å². The van der Waals surface area contributed by atoms with Crippen molar-refractivity contribution in [3.05, 3.63) is 59.9 Å². The highest BCUT2D eigenvalue weighted by Gasteiger charge is 2.23. The van der Waals surface area contributed by atoms with E-state index in [2.05, 4.69) is 60.6 Å². The normalized spacial score (nSPS) is 16.4. The molecule has 146 valence electrons. The quantitative estimate of drug-likeness (QED) is 0.791. The Bertz CT molecular complexity index is 736. The second kappa shape index (κ2) is 8.30. The zero-order valence-corrected chi connectivity index (χ0v) is 17.2. The first-order chi connectivity index (χ1) is 12.8. The highest BCUT2D eigenvalue weighted by atomic mass is 16.2. The van der Waals surface area contributed by atoms with Gasteiger partial charge in [-0.15, -0.1) is 0 Å². The van der Waals surface area contributed by atoms with Crippen LogP contribution in [-0.2, 0) is 12.1 Å². The highest BCUT2D eigenvalue weighted by molar-refractivity contribution is 5.93. The van der Waals surface area contributed by atoms with Crippen molar-refractivity contribution in [1.82, 2.24) is 14.4 Å². The molecule has 0 bridgehead atoms. The maximum absolute atomic E-state index is 12.8. The van der Waals surface area contributed by atoms with Gasteiger partial charge in [0.25, 0.3) is 5.91 Å². The van der Waals surface area contributed by atoms with Gasteiger partial charge in [-0.2, -0.15) is 0 Å². The standard InChI is InChI=1S/C23H33N3O/c1-23(2,3)26-15-12-21(18-26)22(27)24(4)16-20-10-13-25(14-11-20)17-19-8-6-5-7-9-19/h5-9,12,15,18,20H,10-11,13-14,16-17H2,1-4H3. The molecule has 1 aromatic heterocycles. The Morgan fingerprint density at radius 1 is 1.11 bits per heavy atom. The van der Waals surface area contributed by atoms with Gasteiger partial charge in [0.05, 0.1) is 5.56 Å². The van der Waals surface area contributed by atoms with Crippen molar-refractivity contribution in [1.29, 1.82) is 0 Å². The molecule has 1 aromatic carbocycles. The molecule has 4 heteroatoms. The monoisotopic (exact) mass is 367 g/mol. The van der Waals surface area contributed by atoms with Crippen LogP contribution in [0.5, 0.6) is 0 Å². The molecular formula is C23H33N3O. The molecule has 0 radical (unpaired) electrons. The first kappa shape index (κ1) is 19.7. The minimum Gasteiger partial charge on any atom is -0.348 e. The summed E-state index contributed by atoms with van der Waals surface area (Å²) in [6, 6.07) is 12.6. The summed E-state index contributed by atoms with van der Waals surface area (Å²) in [6.45, 7) is 10.5. The number of nitrogens with zero attached hydrogens (tertiary/aromatic N) is 3. The first-order valence-electron chi connectivity index (χ1n) is 10.0. The number of likely N-dealkylation sites (tertiary alicyclic amines) is 1. The molecule has 3 rings (SSSR count). The van der Waals surface area contributed by atoms with Gasteiger partial charge in [0.15, 0.2) is 0 Å². The lowest BCUT2D eigenvalue weighted by Gasteiger charge is -2.34. The molecule has 1 amide bonds. The number of benzene rings is 1. The topological polar surface area (TPSA) is 28.5 Å². The van der Waals surface area contributed by atoms with Gasteiger partial charge in [-0.05, 0) is 64.3 Å². The van der Waals surface area contributed by atoms with E-state index >= 15 is 0 Å². The summed E-state index contributed by atoms with van der Waals surface area (Å²) in [7, 11) is 1.94. The first-order valence-corrected chi connectivity index (χ1v) is 10.0. The fourth-order valence-corrected chi connectivity index (χ4v) is 3.80. The molecular weight excluding hydrogens is 334 g/mol. The molecule has 0 saturated carbocycles. The van der Waals surface area contributed by atoms with Gasteiger partial charge in [0.2, 0.25) is 0 Å². The number of rotatable bonds is 5. The Morgan fingerprint density at radius 2 is 1.78 bits per heavy atom. The van der Waals surface area contributed by atoms with Crippen molar-refractivity contribution in [3.63, 3.8) is 0 Å². The molecule has 1 aliphatic rings. The summed E-state index contributed by atoms with van der Waals surface area (Å²) in [5.41, 5.74) is 2.17. The van der Waals surface area contributed by atoms with Gasteiger partial charge < -0.3 is 9.47 Å². The molecule has 27 heavy (non-hydrogen) atoms. The van der Waals surface area contributed by atoms with Crippen LogP contribution < -0.4 is 0 Å². The van der Waals surface area contributed by atoms with Crippen LogP contribution >= 0.6 is 0 Å². The van der Waals surface area contributed by atoms with Crippen molar-refractivity contribution in [3.8, 4) is 0 Å². The fourth-order valence-electron chi connectivity index (χ4n) is 3.80. The van der Waals surface area contributed by atoms with Gasteiger partial charge >= 0.3 is 0 Å². The maximum atomic E-state index is 12.8. The summed E-state index contributed by atoms with van der Waals surface area (Å²) in [4.78, 5) is 17.2. The predicted octanol–water partition coefficient (Wildman–Crippen LogP) is 4.23. The molecule has 0 N–H and O–H groups in total. The van der Waals surface area contributed by atoms with Crippen LogP contribution in [0.2, 0.25) is 0 Å². The zero-order valence-electron chi connectivity index (χ0n) is 17.2. The number of carbonyl (C=O) groups is 1. The Morgan fingerprint density at radius 3 is 2.37 bits per heavy atom. The maximum Gasteiger partial charge on any atom is 0.255 e. The number of amides is 1. The summed E-state index contributed by atoms with van der Waals surface area (Å²) in [5.74, 6) is 0.723. The Kier molecular flexibility index (Phi) is 6.05. The molecule has 2 heterocycles. The Hall–Kier alpha value is -2.07. The van der Waals surface area contributed by atoms with Crippen LogP contribution in [0.25, 0.3) is 0 Å². The number of aromatic nitrogens is 1. The molecule has 0 aliphatic carbocycles. The lowest BCUT2D eigenvalue weighted by molar-refractivity contribution is 0.0737. The summed E-state index contributed by atoms with van der Waals surface area (Å²) in [6.07, 6.45) is 6.30. The van der Waals surface area contributed by atoms with Gasteiger partial charge in [-0.1, -0.05) is 30.3 Å². The lowest BCUT2D eigenvalue weighted by Crippen LogP contribution is -2.39. The highest BCUT2D eigenvalue weighted by Crippen LogP contribution is 2.21. The smallest absolute Gasteiger partial charge is 0.255 e. The third-order valence-electron chi connectivity index (χ3n) is 5.55. The third-order valence-corrected chi connectivity index (χ3v) is 5.55. The second-order valence-corrected chi connectivity index (χ2v) is 8.87. The second-order valence-electron chi connectivity index (χ2n) is 8.87. The van der Waals surface area contributed by atoms with E-state index in [9.17, 15) is 4.79 Å². The van der Waals surface area contributed by atoms with E-state index < -0.39 is 0 Å². The summed E-state index contributed by atoms with van der Waals surface area (Å²) >= 11 is 0. The van der Waals surface area contributed by atoms with Crippen molar-refractivity contribution >= 4 is 5.91 Å². The number of hydrogen-bond donors (Lipinski definition) is 0. The lowest BCUT2D eigenvalue weighted by atomic mass is 9.95. The van der Waals surface area contributed by atoms with Crippen molar-refractivity contribution in [2.24, 2.45) is 5.92 Å². The summed E-state index contributed by atoms with van der Waals surface area (Å²) in [5, 5.41) is 0. The van der Waals surface area contributed by atoms with E-state index in [1.807, 2.05) is 30.4 Å². The van der Waals surface area contributed by atoms with Crippen LogP contribution in [0.15, 0.2) is 48.8 Å². The third kappa shape index (κ3) is 5.23. The van der Waals surface area contributed by atoms with Crippen molar-refractivity contribution in [2.75, 3.05) is 26.7 Å². The van der Waals surface area contributed by atoms with Gasteiger partial charge in [-0.3, -0.25) is 9.69 Å². The van der Waals surface area contributed by atoms with Gasteiger partial charge in [-0.25, -0.2) is 0 Å². The molecule has 2 aromatic rings. The van der Waals surface area contributed by atoms with E-state index in [1.54, 1.807) is 0 Å². The van der Waals surface area contributed by atoms with Crippen LogP contribution in [0.1, 0.15) is 49.5 Å². The van der Waals surface area contributed by atoms with Gasteiger partial charge in [0.1, 0.15) is 0 Å². The number of piperidine rings is 1. The predicted molar refractivity (Wildman–Crippen MR) is 111 cm³/mol. The average Bonchev–Trinajstić information content (AvgIpc) is 3.14. The minimum atomic E-state index is 0.00266. The van der Waals surface area contributed by atoms with Crippen LogP contribution in [0, 0.1) is 5.92 Å². The fraction of sp³-hybridized carbons (Fsp3) is 0.522. The molecule has 0 spiro atoms. The van der Waals surface area contributed by atoms with E-state index in [4.69, 9.17) is 0 Å².